The number of hydrogen-bond donors (Lipinski definition) is 1. The zero-order valence-electron chi connectivity index (χ0n) is 26.4. The van der Waals surface area contributed by atoms with Crippen molar-refractivity contribution in [1.82, 2.24) is 24.7 Å². The Kier molecular flexibility index (Phi) is 14.2. The van der Waals surface area contributed by atoms with E-state index in [2.05, 4.69) is 9.97 Å². The molecule has 0 radical (unpaired) electrons. The van der Waals surface area contributed by atoms with Gasteiger partial charge in [-0.2, -0.15) is 31.3 Å². The summed E-state index contributed by atoms with van der Waals surface area (Å²) >= 11 is 6.33. The van der Waals surface area contributed by atoms with Crippen molar-refractivity contribution in [2.45, 2.75) is 38.3 Å². The maximum absolute atomic E-state index is 13.4. The fraction of sp³-hybridized carbons (Fsp3) is 0.452. The first kappa shape index (κ1) is 38.7. The number of nitrogens with zero attached hydrogens (tertiary/aromatic N) is 5. The number of likely N-dealkylation sites (N-methyl/N-ethyl adjacent to an activating group) is 1. The molecule has 0 saturated carbocycles. The van der Waals surface area contributed by atoms with Crippen molar-refractivity contribution in [3.05, 3.63) is 75.9 Å². The minimum absolute atomic E-state index is 0.0180. The number of halogens is 7. The van der Waals surface area contributed by atoms with E-state index in [9.17, 15) is 31.1 Å². The summed E-state index contributed by atoms with van der Waals surface area (Å²) in [5.74, 6) is -0.741. The lowest BCUT2D eigenvalue weighted by Crippen LogP contribution is -2.27. The van der Waals surface area contributed by atoms with Crippen LogP contribution in [0.3, 0.4) is 0 Å². The lowest BCUT2D eigenvalue weighted by molar-refractivity contribution is -0.143. The van der Waals surface area contributed by atoms with Crippen LogP contribution < -0.4 is 4.74 Å². The molecule has 2 aromatic carbocycles. The minimum Gasteiger partial charge on any atom is -0.463 e. The predicted octanol–water partition coefficient (Wildman–Crippen LogP) is 6.37. The molecular formula is C31H38ClF6N5O3. The largest absolute Gasteiger partial charge is 0.463 e. The van der Waals surface area contributed by atoms with Gasteiger partial charge in [0.2, 0.25) is 0 Å². The molecular weight excluding hydrogens is 640 g/mol. The van der Waals surface area contributed by atoms with Crippen molar-refractivity contribution in [2.75, 3.05) is 55.0 Å². The van der Waals surface area contributed by atoms with E-state index in [0.717, 1.165) is 11.4 Å². The van der Waals surface area contributed by atoms with E-state index >= 15 is 0 Å². The summed E-state index contributed by atoms with van der Waals surface area (Å²) in [7, 11) is 8.96. The van der Waals surface area contributed by atoms with Gasteiger partial charge in [-0.05, 0) is 71.4 Å². The highest BCUT2D eigenvalue weighted by Crippen LogP contribution is 2.37. The molecule has 8 nitrogen and oxygen atoms in total. The molecule has 1 amide bonds. The van der Waals surface area contributed by atoms with Gasteiger partial charge in [-0.1, -0.05) is 29.8 Å². The summed E-state index contributed by atoms with van der Waals surface area (Å²) < 4.78 is 85.2. The minimum atomic E-state index is -5.01. The summed E-state index contributed by atoms with van der Waals surface area (Å²) in [6, 6.07) is 7.99. The van der Waals surface area contributed by atoms with Crippen LogP contribution in [0.2, 0.25) is 5.02 Å². The molecule has 1 heterocycles. The van der Waals surface area contributed by atoms with Crippen LogP contribution in [0.4, 0.5) is 26.3 Å². The molecule has 46 heavy (non-hydrogen) atoms. The van der Waals surface area contributed by atoms with Crippen molar-refractivity contribution in [3.8, 4) is 17.3 Å². The lowest BCUT2D eigenvalue weighted by Gasteiger charge is -2.21. The maximum Gasteiger partial charge on any atom is 0.416 e. The third kappa shape index (κ3) is 11.7. The van der Waals surface area contributed by atoms with Crippen molar-refractivity contribution in [3.63, 3.8) is 0 Å². The summed E-state index contributed by atoms with van der Waals surface area (Å²) in [6.07, 6.45) is -8.14. The number of aromatic nitrogens is 2. The number of benzene rings is 2. The van der Waals surface area contributed by atoms with Gasteiger partial charge in [0, 0.05) is 43.0 Å². The molecule has 1 unspecified atom stereocenters. The van der Waals surface area contributed by atoms with E-state index in [1.807, 2.05) is 44.9 Å². The third-order valence-corrected chi connectivity index (χ3v) is 7.00. The molecule has 1 aromatic heterocycles. The number of hydrogen-bond acceptors (Lipinski definition) is 7. The fourth-order valence-electron chi connectivity index (χ4n) is 3.82. The Labute approximate surface area is 269 Å². The van der Waals surface area contributed by atoms with Gasteiger partial charge in [0.15, 0.2) is 0 Å². The summed E-state index contributed by atoms with van der Waals surface area (Å²) in [5, 5.41) is 8.73. The number of aliphatic hydroxyl groups is 1. The number of rotatable bonds is 11. The van der Waals surface area contributed by atoms with Crippen LogP contribution in [-0.4, -0.2) is 96.7 Å². The van der Waals surface area contributed by atoms with Gasteiger partial charge in [-0.3, -0.25) is 4.79 Å². The number of carbonyl (C=O) groups is 1. The highest BCUT2D eigenvalue weighted by atomic mass is 35.5. The Morgan fingerprint density at radius 1 is 0.978 bits per heavy atom. The summed E-state index contributed by atoms with van der Waals surface area (Å²) in [5.41, 5.74) is -2.87. The van der Waals surface area contributed by atoms with Crippen LogP contribution in [-0.2, 0) is 18.9 Å². The molecule has 0 aliphatic rings. The van der Waals surface area contributed by atoms with Gasteiger partial charge in [0.05, 0.1) is 35.6 Å². The number of ether oxygens (including phenoxy) is 1. The Bertz CT molecular complexity index is 1400. The number of amides is 1. The van der Waals surface area contributed by atoms with E-state index in [1.54, 1.807) is 24.3 Å². The van der Waals surface area contributed by atoms with Crippen LogP contribution in [0, 0.1) is 0 Å². The first-order valence-electron chi connectivity index (χ1n) is 14.1. The second-order valence-corrected chi connectivity index (χ2v) is 11.4. The molecule has 0 aliphatic heterocycles. The quantitative estimate of drug-likeness (QED) is 0.187. The molecule has 3 rings (SSSR count). The van der Waals surface area contributed by atoms with Crippen molar-refractivity contribution in [2.24, 2.45) is 0 Å². The molecule has 0 spiro atoms. The van der Waals surface area contributed by atoms with Gasteiger partial charge >= 0.3 is 18.4 Å². The highest BCUT2D eigenvalue weighted by molar-refractivity contribution is 6.33. The highest BCUT2D eigenvalue weighted by Gasteiger charge is 2.37. The third-order valence-electron chi connectivity index (χ3n) is 6.67. The summed E-state index contributed by atoms with van der Waals surface area (Å²) in [4.78, 5) is 26.7. The fourth-order valence-corrected chi connectivity index (χ4v) is 4.04. The van der Waals surface area contributed by atoms with E-state index in [1.165, 1.54) is 13.2 Å². The topological polar surface area (TPSA) is 82.0 Å². The van der Waals surface area contributed by atoms with Gasteiger partial charge in [-0.15, -0.1) is 0 Å². The zero-order chi connectivity index (χ0) is 34.8. The van der Waals surface area contributed by atoms with Gasteiger partial charge in [0.1, 0.15) is 0 Å². The van der Waals surface area contributed by atoms with E-state index in [0.29, 0.717) is 36.8 Å². The van der Waals surface area contributed by atoms with E-state index in [4.69, 9.17) is 21.4 Å². The molecule has 1 N–H and O–H groups in total. The molecule has 1 atom stereocenters. The molecule has 15 heteroatoms. The van der Waals surface area contributed by atoms with Crippen LogP contribution in [0.25, 0.3) is 11.3 Å². The summed E-state index contributed by atoms with van der Waals surface area (Å²) in [6.45, 7) is 2.72. The molecule has 3 aromatic rings. The Balaban J connectivity index is 0.000000942. The van der Waals surface area contributed by atoms with Crippen LogP contribution >= 0.6 is 11.6 Å². The monoisotopic (exact) mass is 677 g/mol. The SMILES string of the molecule is CC(CO)N(C)C.CN(C)CCCOc1ncc(C(=O)N(C)Cc2cc(C(F)(F)F)cc(C(F)(F)F)c2)c(-c2ccccc2Cl)n1. The number of carbonyl (C=O) groups excluding carboxylic acids is 1. The Morgan fingerprint density at radius 3 is 2.04 bits per heavy atom. The Hall–Kier alpha value is -3.46. The van der Waals surface area contributed by atoms with E-state index in [-0.39, 0.29) is 40.5 Å². The zero-order valence-corrected chi connectivity index (χ0v) is 27.1. The molecule has 0 bridgehead atoms. The number of alkyl halides is 6. The standard InChI is InChI=1S/C26H25ClF6N4O2.C5H13NO/c1-36(2)9-6-10-39-24-34-14-20(22(35-24)19-7-4-5-8-21(19)27)23(38)37(3)15-16-11-17(25(28,29)30)13-18(12-16)26(31,32)33;1-5(4-7)6(2)3/h4-5,7-8,11-14H,6,9-10,15H2,1-3H3;5,7H,4H2,1-3H3. The normalized spacial score (nSPS) is 12.5. The van der Waals surface area contributed by atoms with Crippen molar-refractivity contribution in [1.29, 1.82) is 0 Å². The van der Waals surface area contributed by atoms with Crippen molar-refractivity contribution >= 4 is 17.5 Å². The first-order chi connectivity index (χ1) is 21.3. The van der Waals surface area contributed by atoms with Crippen LogP contribution in [0.15, 0.2) is 48.7 Å². The maximum atomic E-state index is 13.4. The molecule has 0 saturated heterocycles. The van der Waals surface area contributed by atoms with Gasteiger partial charge < -0.3 is 24.5 Å². The van der Waals surface area contributed by atoms with Crippen LogP contribution in [0.5, 0.6) is 6.01 Å². The average molecular weight is 678 g/mol. The van der Waals surface area contributed by atoms with Crippen LogP contribution in [0.1, 0.15) is 40.4 Å². The number of aliphatic hydroxyl groups excluding tert-OH is 1. The van der Waals surface area contributed by atoms with Gasteiger partial charge in [-0.25, -0.2) is 4.98 Å². The van der Waals surface area contributed by atoms with Gasteiger partial charge in [0.25, 0.3) is 5.91 Å². The molecule has 0 fully saturated rings. The molecule has 0 aliphatic carbocycles. The second-order valence-electron chi connectivity index (χ2n) is 11.0. The second kappa shape index (κ2) is 16.9. The van der Waals surface area contributed by atoms with Crippen molar-refractivity contribution < 1.29 is 41.0 Å². The first-order valence-corrected chi connectivity index (χ1v) is 14.4. The lowest BCUT2D eigenvalue weighted by atomic mass is 10.0. The smallest absolute Gasteiger partial charge is 0.416 e. The van der Waals surface area contributed by atoms with E-state index < -0.39 is 35.9 Å². The molecule has 254 valence electrons. The average Bonchev–Trinajstić information content (AvgIpc) is 2.97. The predicted molar refractivity (Wildman–Crippen MR) is 164 cm³/mol. The Morgan fingerprint density at radius 2 is 1.57 bits per heavy atom.